The van der Waals surface area contributed by atoms with Crippen molar-refractivity contribution in [3.63, 3.8) is 0 Å². The maximum atomic E-state index is 13.8. The van der Waals surface area contributed by atoms with Crippen molar-refractivity contribution in [1.82, 2.24) is 55.4 Å². The van der Waals surface area contributed by atoms with Gasteiger partial charge >= 0.3 is 12.2 Å². The van der Waals surface area contributed by atoms with E-state index in [4.69, 9.17) is 9.47 Å². The van der Waals surface area contributed by atoms with E-state index < -0.39 is 30.4 Å². The fraction of sp³-hybridized carbons (Fsp3) is 0.400. The largest absolute Gasteiger partial charge is 0.465 e. The van der Waals surface area contributed by atoms with E-state index >= 15 is 0 Å². The first-order valence-corrected chi connectivity index (χ1v) is 19.2. The lowest BCUT2D eigenvalue weighted by molar-refractivity contribution is -0.138. The maximum absolute atomic E-state index is 13.8. The lowest BCUT2D eigenvalue weighted by atomic mass is 10.0. The van der Waals surface area contributed by atoms with Crippen LogP contribution in [-0.2, 0) is 25.5 Å². The van der Waals surface area contributed by atoms with Crippen molar-refractivity contribution in [2.45, 2.75) is 69.3 Å². The van der Waals surface area contributed by atoms with Crippen LogP contribution >= 0.6 is 0 Å². The van der Waals surface area contributed by atoms with E-state index in [1.54, 1.807) is 35.3 Å². The van der Waals surface area contributed by atoms with Crippen molar-refractivity contribution in [3.05, 3.63) is 84.5 Å². The number of hydrogen-bond donors (Lipinski definition) is 5. The SMILES string of the molecule is COC(=O)N[C@H](C(=O)N1CCC[C@H]1c1ncc(-c2ccc(-c3ccc(-c4cnc([C@@H]5CCCN5C(=O)[C@H](Cc5c[nH]nn5)N(C)C(=O)O)[nH]4)cc3)cc2)[nH]1)[C@@H](C)OC. The molecule has 0 bridgehead atoms. The average molecular weight is 794 g/mol. The number of aromatic amines is 3. The van der Waals surface area contributed by atoms with E-state index in [-0.39, 0.29) is 30.3 Å². The highest BCUT2D eigenvalue weighted by Crippen LogP contribution is 2.35. The van der Waals surface area contributed by atoms with E-state index in [0.29, 0.717) is 36.9 Å². The van der Waals surface area contributed by atoms with Crippen LogP contribution in [0.5, 0.6) is 0 Å². The van der Waals surface area contributed by atoms with E-state index in [1.165, 1.54) is 21.3 Å². The molecule has 5 heterocycles. The van der Waals surface area contributed by atoms with Crippen molar-refractivity contribution in [3.8, 4) is 33.6 Å². The Morgan fingerprint density at radius 1 is 0.845 bits per heavy atom. The number of carboxylic acid groups (broad SMARTS) is 1. The van der Waals surface area contributed by atoms with Gasteiger partial charge in [0.25, 0.3) is 0 Å². The Hall–Kier alpha value is -6.56. The second-order valence-electron chi connectivity index (χ2n) is 14.5. The van der Waals surface area contributed by atoms with E-state index in [1.807, 2.05) is 48.5 Å². The molecule has 7 rings (SSSR count). The Morgan fingerprint density at radius 2 is 1.36 bits per heavy atom. The predicted octanol–water partition coefficient (Wildman–Crippen LogP) is 4.56. The summed E-state index contributed by atoms with van der Waals surface area (Å²) in [5.74, 6) is 0.761. The van der Waals surface area contributed by atoms with Crippen molar-refractivity contribution < 1.29 is 33.8 Å². The van der Waals surface area contributed by atoms with Gasteiger partial charge in [-0.2, -0.15) is 0 Å². The Kier molecular flexibility index (Phi) is 11.8. The number of aromatic nitrogens is 7. The van der Waals surface area contributed by atoms with E-state index in [0.717, 1.165) is 57.8 Å². The van der Waals surface area contributed by atoms with Crippen LogP contribution in [0.4, 0.5) is 9.59 Å². The summed E-state index contributed by atoms with van der Waals surface area (Å²) >= 11 is 0. The molecule has 0 unspecified atom stereocenters. The molecule has 0 aliphatic carbocycles. The number of imidazole rings is 2. The van der Waals surface area contributed by atoms with Crippen LogP contribution in [0.15, 0.2) is 67.1 Å². The predicted molar refractivity (Wildman–Crippen MR) is 210 cm³/mol. The molecule has 2 saturated heterocycles. The number of alkyl carbamates (subject to hydrolysis) is 1. The Bertz CT molecular complexity index is 2200. The number of nitrogens with one attached hydrogen (secondary N) is 4. The number of benzene rings is 2. The molecular formula is C40H47N11O7. The molecule has 5 atom stereocenters. The minimum Gasteiger partial charge on any atom is -0.465 e. The zero-order chi connectivity index (χ0) is 40.9. The summed E-state index contributed by atoms with van der Waals surface area (Å²) < 4.78 is 10.1. The maximum Gasteiger partial charge on any atom is 0.407 e. The molecule has 304 valence electrons. The van der Waals surface area contributed by atoms with Crippen molar-refractivity contribution in [2.75, 3.05) is 34.4 Å². The highest BCUT2D eigenvalue weighted by atomic mass is 16.5. The third kappa shape index (κ3) is 8.27. The molecular weight excluding hydrogens is 747 g/mol. The van der Waals surface area contributed by atoms with Crippen LogP contribution in [-0.4, -0.2) is 132 Å². The number of H-pyrrole nitrogens is 3. The molecule has 2 aromatic carbocycles. The van der Waals surface area contributed by atoms with Gasteiger partial charge in [0.15, 0.2) is 0 Å². The molecule has 0 spiro atoms. The van der Waals surface area contributed by atoms with Gasteiger partial charge in [0, 0.05) is 39.9 Å². The van der Waals surface area contributed by atoms with Crippen molar-refractivity contribution in [1.29, 1.82) is 0 Å². The smallest absolute Gasteiger partial charge is 0.407 e. The third-order valence-electron chi connectivity index (χ3n) is 11.1. The molecule has 0 saturated carbocycles. The summed E-state index contributed by atoms with van der Waals surface area (Å²) in [5, 5.41) is 22.6. The second kappa shape index (κ2) is 17.3. The van der Waals surface area contributed by atoms with Gasteiger partial charge in [-0.1, -0.05) is 53.7 Å². The molecule has 2 aliphatic heterocycles. The number of hydrogen-bond acceptors (Lipinski definition) is 10. The topological polar surface area (TPSA) is 228 Å². The van der Waals surface area contributed by atoms with E-state index in [2.05, 4.69) is 40.7 Å². The van der Waals surface area contributed by atoms with Crippen LogP contribution in [0.3, 0.4) is 0 Å². The first-order valence-electron chi connectivity index (χ1n) is 19.2. The van der Waals surface area contributed by atoms with Crippen LogP contribution in [0.25, 0.3) is 33.6 Å². The van der Waals surface area contributed by atoms with Gasteiger partial charge in [-0.3, -0.25) is 19.6 Å². The van der Waals surface area contributed by atoms with Crippen LogP contribution < -0.4 is 5.32 Å². The first kappa shape index (κ1) is 39.7. The normalized spacial score (nSPS) is 18.1. The molecule has 58 heavy (non-hydrogen) atoms. The van der Waals surface area contributed by atoms with Gasteiger partial charge in [0.1, 0.15) is 23.7 Å². The highest BCUT2D eigenvalue weighted by Gasteiger charge is 2.40. The molecule has 4 amide bonds. The summed E-state index contributed by atoms with van der Waals surface area (Å²) in [7, 11) is 4.13. The lowest BCUT2D eigenvalue weighted by Gasteiger charge is -2.31. The Morgan fingerprint density at radius 3 is 1.83 bits per heavy atom. The number of nitrogens with zero attached hydrogens (tertiary/aromatic N) is 7. The summed E-state index contributed by atoms with van der Waals surface area (Å²) in [5.41, 5.74) is 6.04. The fourth-order valence-electron chi connectivity index (χ4n) is 7.74. The molecule has 18 heteroatoms. The van der Waals surface area contributed by atoms with Gasteiger partial charge in [0.2, 0.25) is 11.8 Å². The number of carbonyl (C=O) groups is 4. The summed E-state index contributed by atoms with van der Waals surface area (Å²) in [6.45, 7) is 2.75. The summed E-state index contributed by atoms with van der Waals surface area (Å²) in [4.78, 5) is 71.9. The summed E-state index contributed by atoms with van der Waals surface area (Å²) in [6.07, 6.45) is 5.72. The minimum atomic E-state index is -1.20. The molecule has 3 aromatic heterocycles. The van der Waals surface area contributed by atoms with Gasteiger partial charge in [-0.05, 0) is 54.9 Å². The van der Waals surface area contributed by atoms with Crippen molar-refractivity contribution in [2.24, 2.45) is 0 Å². The van der Waals surface area contributed by atoms with E-state index in [9.17, 15) is 24.3 Å². The minimum absolute atomic E-state index is 0.0995. The number of likely N-dealkylation sites (N-methyl/N-ethyl adjacent to an activating group) is 1. The number of ether oxygens (including phenoxy) is 2. The molecule has 18 nitrogen and oxygen atoms in total. The van der Waals surface area contributed by atoms with Gasteiger partial charge in [-0.15, -0.1) is 5.10 Å². The second-order valence-corrected chi connectivity index (χ2v) is 14.5. The highest BCUT2D eigenvalue weighted by molar-refractivity contribution is 5.87. The number of rotatable bonds is 13. The van der Waals surface area contributed by atoms with Crippen LogP contribution in [0.1, 0.15) is 62.0 Å². The Balaban J connectivity index is 1.00. The number of carbonyl (C=O) groups excluding carboxylic acids is 3. The molecule has 5 aromatic rings. The quantitative estimate of drug-likeness (QED) is 0.111. The zero-order valence-corrected chi connectivity index (χ0v) is 32.7. The molecule has 5 N–H and O–H groups in total. The molecule has 2 aliphatic rings. The van der Waals surface area contributed by atoms with Gasteiger partial charge in [-0.25, -0.2) is 19.6 Å². The van der Waals surface area contributed by atoms with Gasteiger partial charge < -0.3 is 39.7 Å². The Labute approximate surface area is 334 Å². The molecule has 2 fully saturated rings. The monoisotopic (exact) mass is 793 g/mol. The first-order chi connectivity index (χ1) is 28.1. The number of methoxy groups -OCH3 is 2. The zero-order valence-electron chi connectivity index (χ0n) is 32.7. The van der Waals surface area contributed by atoms with Crippen LogP contribution in [0.2, 0.25) is 0 Å². The lowest BCUT2D eigenvalue weighted by Crippen LogP contribution is -2.54. The van der Waals surface area contributed by atoms with Gasteiger partial charge in [0.05, 0.1) is 54.8 Å². The average Bonchev–Trinajstić information content (AvgIpc) is 4.10. The third-order valence-corrected chi connectivity index (χ3v) is 11.1. The standard InChI is InChI=1S/C40H47N11O7/c1-23(57-3)34(46-39(54)58-4)38(53)51-18-6-8-32(51)36-42-22-30(45-36)27-15-11-25(12-16-27)24-9-13-26(14-10-24)29-21-41-35(44-29)31-7-5-17-50(31)37(52)33(49(2)40(55)56)19-28-20-43-48-47-28/h9-16,20-23,31-34H,5-8,17-19H2,1-4H3,(H,41,44)(H,42,45)(H,46,54)(H,55,56)(H,43,47,48)/t23-,31+,32+,33+,34+/m1/s1. The van der Waals surface area contributed by atoms with Crippen LogP contribution in [0, 0.1) is 0 Å². The number of likely N-dealkylation sites (tertiary alicyclic amines) is 2. The summed E-state index contributed by atoms with van der Waals surface area (Å²) in [6, 6.07) is 13.8. The van der Waals surface area contributed by atoms with Crippen molar-refractivity contribution >= 4 is 24.0 Å². The fourth-order valence-corrected chi connectivity index (χ4v) is 7.74. The molecule has 0 radical (unpaired) electrons. The number of amides is 4.